The van der Waals surface area contributed by atoms with Crippen LogP contribution in [0.4, 0.5) is 0 Å². The van der Waals surface area contributed by atoms with Crippen molar-refractivity contribution in [3.8, 4) is 5.69 Å². The Morgan fingerprint density at radius 3 is 2.67 bits per heavy atom. The van der Waals surface area contributed by atoms with E-state index in [-0.39, 0.29) is 4.83 Å². The molecule has 0 saturated heterocycles. The van der Waals surface area contributed by atoms with Crippen molar-refractivity contribution in [2.75, 3.05) is 0 Å². The van der Waals surface area contributed by atoms with Gasteiger partial charge >= 0.3 is 0 Å². The molecule has 21 heavy (non-hydrogen) atoms. The lowest BCUT2D eigenvalue weighted by atomic mass is 10.0. The summed E-state index contributed by atoms with van der Waals surface area (Å²) < 4.78 is 1.92. The minimum Gasteiger partial charge on any atom is -0.241 e. The van der Waals surface area contributed by atoms with Crippen LogP contribution < -0.4 is 0 Å². The van der Waals surface area contributed by atoms with E-state index in [9.17, 15) is 0 Å². The number of aryl methyl sites for hydroxylation is 1. The van der Waals surface area contributed by atoms with Crippen molar-refractivity contribution in [2.45, 2.75) is 18.2 Å². The van der Waals surface area contributed by atoms with Crippen LogP contribution in [-0.2, 0) is 6.42 Å². The second kappa shape index (κ2) is 6.27. The number of nitrogens with zero attached hydrogens (tertiary/aromatic N) is 2. The van der Waals surface area contributed by atoms with Crippen molar-refractivity contribution in [2.24, 2.45) is 0 Å². The Bertz CT molecular complexity index is 719. The zero-order valence-corrected chi connectivity index (χ0v) is 13.5. The molecule has 3 aromatic rings. The molecule has 0 bridgehead atoms. The lowest BCUT2D eigenvalue weighted by Crippen LogP contribution is -1.95. The van der Waals surface area contributed by atoms with Crippen molar-refractivity contribution < 1.29 is 0 Å². The quantitative estimate of drug-likeness (QED) is 0.620. The number of hydrogen-bond donors (Lipinski definition) is 0. The average Bonchev–Trinajstić information content (AvgIpc) is 2.98. The van der Waals surface area contributed by atoms with Gasteiger partial charge in [-0.25, -0.2) is 4.68 Å². The number of rotatable bonds is 4. The molecule has 3 rings (SSSR count). The first-order valence-corrected chi connectivity index (χ1v) is 7.93. The van der Waals surface area contributed by atoms with Gasteiger partial charge in [0.05, 0.1) is 11.9 Å². The van der Waals surface area contributed by atoms with Crippen LogP contribution in [0.25, 0.3) is 5.69 Å². The van der Waals surface area contributed by atoms with Crippen molar-refractivity contribution in [1.82, 2.24) is 9.78 Å². The summed E-state index contributed by atoms with van der Waals surface area (Å²) in [5, 5.41) is 4.45. The van der Waals surface area contributed by atoms with Gasteiger partial charge in [-0.1, -0.05) is 64.0 Å². The highest BCUT2D eigenvalue weighted by Gasteiger charge is 2.11. The average molecular weight is 341 g/mol. The van der Waals surface area contributed by atoms with Gasteiger partial charge in [0.1, 0.15) is 0 Å². The zero-order valence-electron chi connectivity index (χ0n) is 11.9. The van der Waals surface area contributed by atoms with Crippen LogP contribution in [0.5, 0.6) is 0 Å². The van der Waals surface area contributed by atoms with Crippen molar-refractivity contribution in [1.29, 1.82) is 0 Å². The Hall–Kier alpha value is -1.87. The fraction of sp³-hybridized carbons (Fsp3) is 0.167. The minimum absolute atomic E-state index is 0.275. The van der Waals surface area contributed by atoms with Crippen LogP contribution in [0.15, 0.2) is 67.0 Å². The van der Waals surface area contributed by atoms with Gasteiger partial charge in [0.15, 0.2) is 0 Å². The molecule has 0 aliphatic carbocycles. The van der Waals surface area contributed by atoms with Crippen LogP contribution in [-0.4, -0.2) is 9.78 Å². The normalized spacial score (nSPS) is 12.3. The summed E-state index contributed by atoms with van der Waals surface area (Å²) in [7, 11) is 0. The van der Waals surface area contributed by atoms with Crippen LogP contribution in [0.2, 0.25) is 0 Å². The summed E-state index contributed by atoms with van der Waals surface area (Å²) >= 11 is 3.78. The van der Waals surface area contributed by atoms with Gasteiger partial charge in [0, 0.05) is 16.6 Å². The maximum atomic E-state index is 4.45. The first-order valence-electron chi connectivity index (χ1n) is 7.02. The Kier molecular flexibility index (Phi) is 4.20. The lowest BCUT2D eigenvalue weighted by molar-refractivity contribution is 0.878. The summed E-state index contributed by atoms with van der Waals surface area (Å²) in [6.45, 7) is 2.13. The fourth-order valence-corrected chi connectivity index (χ4v) is 2.99. The lowest BCUT2D eigenvalue weighted by Gasteiger charge is -2.08. The third kappa shape index (κ3) is 3.42. The first-order chi connectivity index (χ1) is 10.2. The molecule has 0 aliphatic heterocycles. The molecule has 0 amide bonds. The predicted octanol–water partition coefficient (Wildman–Crippen LogP) is 4.86. The van der Waals surface area contributed by atoms with Gasteiger partial charge in [0.25, 0.3) is 0 Å². The van der Waals surface area contributed by atoms with Crippen LogP contribution >= 0.6 is 15.9 Å². The Morgan fingerprint density at radius 2 is 1.90 bits per heavy atom. The zero-order chi connectivity index (χ0) is 14.7. The molecule has 0 N–H and O–H groups in total. The van der Waals surface area contributed by atoms with E-state index in [0.717, 1.165) is 12.1 Å². The Labute approximate surface area is 133 Å². The van der Waals surface area contributed by atoms with Crippen LogP contribution in [0.1, 0.15) is 21.5 Å². The van der Waals surface area contributed by atoms with Gasteiger partial charge < -0.3 is 0 Å². The molecule has 0 spiro atoms. The molecule has 0 saturated carbocycles. The standard InChI is InChI=1S/C18H17BrN2/c1-14-6-5-7-15(10-14)11-18(19)16-12-20-21(13-16)17-8-3-2-4-9-17/h2-10,12-13,18H,11H2,1H3. The number of halogens is 1. The molecule has 0 aliphatic rings. The highest BCUT2D eigenvalue weighted by atomic mass is 79.9. The summed E-state index contributed by atoms with van der Waals surface area (Å²) in [5.74, 6) is 0. The number of aromatic nitrogens is 2. The third-order valence-corrected chi connectivity index (χ3v) is 4.33. The van der Waals surface area contributed by atoms with Crippen molar-refractivity contribution in [3.63, 3.8) is 0 Å². The molecule has 0 fully saturated rings. The molecule has 1 aromatic heterocycles. The third-order valence-electron chi connectivity index (χ3n) is 3.48. The molecular formula is C18H17BrN2. The van der Waals surface area contributed by atoms with Crippen LogP contribution in [0.3, 0.4) is 0 Å². The number of para-hydroxylation sites is 1. The fourth-order valence-electron chi connectivity index (χ4n) is 2.38. The maximum absolute atomic E-state index is 4.45. The number of alkyl halides is 1. The predicted molar refractivity (Wildman–Crippen MR) is 90.1 cm³/mol. The summed E-state index contributed by atoms with van der Waals surface area (Å²) in [6, 6.07) is 18.8. The van der Waals surface area contributed by atoms with Gasteiger partial charge in [-0.3, -0.25) is 0 Å². The largest absolute Gasteiger partial charge is 0.241 e. The van der Waals surface area contributed by atoms with Gasteiger partial charge in [-0.2, -0.15) is 5.10 Å². The highest BCUT2D eigenvalue weighted by Crippen LogP contribution is 2.27. The van der Waals surface area contributed by atoms with E-state index in [1.165, 1.54) is 16.7 Å². The smallest absolute Gasteiger partial charge is 0.0645 e. The van der Waals surface area contributed by atoms with Crippen molar-refractivity contribution in [3.05, 3.63) is 83.7 Å². The van der Waals surface area contributed by atoms with Crippen LogP contribution in [0, 0.1) is 6.92 Å². The monoisotopic (exact) mass is 340 g/mol. The molecule has 2 nitrogen and oxygen atoms in total. The van der Waals surface area contributed by atoms with Gasteiger partial charge in [0.2, 0.25) is 0 Å². The SMILES string of the molecule is Cc1cccc(CC(Br)c2cnn(-c3ccccc3)c2)c1. The highest BCUT2D eigenvalue weighted by molar-refractivity contribution is 9.09. The molecule has 0 radical (unpaired) electrons. The molecule has 2 aromatic carbocycles. The second-order valence-corrected chi connectivity index (χ2v) is 6.32. The molecule has 1 atom stereocenters. The maximum Gasteiger partial charge on any atom is 0.0645 e. The van der Waals surface area contributed by atoms with E-state index < -0.39 is 0 Å². The number of benzene rings is 2. The summed E-state index contributed by atoms with van der Waals surface area (Å²) in [5.41, 5.74) is 4.91. The topological polar surface area (TPSA) is 17.8 Å². The van der Waals surface area contributed by atoms with Gasteiger partial charge in [-0.05, 0) is 31.0 Å². The van der Waals surface area contributed by atoms with Gasteiger partial charge in [-0.15, -0.1) is 0 Å². The van der Waals surface area contributed by atoms with E-state index in [4.69, 9.17) is 0 Å². The molecular weight excluding hydrogens is 324 g/mol. The first kappa shape index (κ1) is 14.1. The summed E-state index contributed by atoms with van der Waals surface area (Å²) in [6.07, 6.45) is 4.98. The molecule has 1 unspecified atom stereocenters. The van der Waals surface area contributed by atoms with Crippen molar-refractivity contribution >= 4 is 15.9 Å². The van der Waals surface area contributed by atoms with E-state index in [1.807, 2.05) is 29.1 Å². The van der Waals surface area contributed by atoms with E-state index in [2.05, 4.69) is 70.5 Å². The number of hydrogen-bond acceptors (Lipinski definition) is 1. The molecule has 1 heterocycles. The van der Waals surface area contributed by atoms with E-state index in [1.54, 1.807) is 0 Å². The second-order valence-electron chi connectivity index (χ2n) is 5.21. The molecule has 3 heteroatoms. The Balaban J connectivity index is 1.77. The Morgan fingerprint density at radius 1 is 1.10 bits per heavy atom. The van der Waals surface area contributed by atoms with E-state index >= 15 is 0 Å². The van der Waals surface area contributed by atoms with E-state index in [0.29, 0.717) is 0 Å². The molecule has 106 valence electrons. The minimum atomic E-state index is 0.275. The summed E-state index contributed by atoms with van der Waals surface area (Å²) in [4.78, 5) is 0.275.